The molecule has 1 unspecified atom stereocenters. The molecule has 2 rings (SSSR count). The number of benzene rings is 1. The monoisotopic (exact) mass is 608 g/mol. The van der Waals surface area contributed by atoms with Crippen LogP contribution in [-0.2, 0) is 25.4 Å². The Balaban J connectivity index is 2.54. The van der Waals surface area contributed by atoms with Crippen LogP contribution >= 0.6 is 0 Å². The van der Waals surface area contributed by atoms with Crippen LogP contribution in [-0.4, -0.2) is 50.5 Å². The Morgan fingerprint density at radius 1 is 0.944 bits per heavy atom. The van der Waals surface area contributed by atoms with E-state index in [1.165, 1.54) is 63.0 Å². The third-order valence-electron chi connectivity index (χ3n) is 7.53. The molecule has 0 N–H and O–H groups in total. The third-order valence-corrected chi connectivity index (χ3v) is 23.4. The van der Waals surface area contributed by atoms with Gasteiger partial charge in [0.15, 0.2) is 0 Å². The van der Waals surface area contributed by atoms with Gasteiger partial charge in [0.2, 0.25) is 0 Å². The molecule has 1 aliphatic heterocycles. The molecule has 1 fully saturated rings. The number of unbranched alkanes of at least 4 members (excludes halogenated alkanes) is 3. The average Bonchev–Trinajstić information content (AvgIpc) is 2.91. The normalized spacial score (nSPS) is 17.1. The van der Waals surface area contributed by atoms with Gasteiger partial charge in [-0.25, -0.2) is 0 Å². The van der Waals surface area contributed by atoms with Crippen molar-refractivity contribution >= 4 is 24.3 Å². The van der Waals surface area contributed by atoms with Crippen LogP contribution in [0.25, 0.3) is 0 Å². The zero-order valence-corrected chi connectivity index (χ0v) is 26.5. The quantitative estimate of drug-likeness (QED) is 0.0955. The Bertz CT molecular complexity index is 733. The molecule has 0 aliphatic carbocycles. The number of ether oxygens (including phenoxy) is 3. The topological polar surface area (TPSA) is 44.8 Å². The summed E-state index contributed by atoms with van der Waals surface area (Å²) in [5.41, 5.74) is 2.52. The molecule has 0 bridgehead atoms. The molecule has 204 valence electrons. The van der Waals surface area contributed by atoms with Crippen LogP contribution in [0.4, 0.5) is 0 Å². The van der Waals surface area contributed by atoms with Crippen LogP contribution in [0.2, 0.25) is 13.3 Å². The fraction of sp³-hybridized carbons (Fsp3) is 0.710. The van der Waals surface area contributed by atoms with Gasteiger partial charge in [0.05, 0.1) is 0 Å². The number of aryl methyl sites for hydroxylation is 1. The minimum atomic E-state index is -3.08. The number of hydrogen-bond acceptors (Lipinski definition) is 4. The molecular weight excluding hydrogens is 555 g/mol. The van der Waals surface area contributed by atoms with Crippen molar-refractivity contribution in [1.82, 2.24) is 0 Å². The summed E-state index contributed by atoms with van der Waals surface area (Å²) in [7, 11) is 0. The fourth-order valence-electron chi connectivity index (χ4n) is 5.48. The predicted molar refractivity (Wildman–Crippen MR) is 153 cm³/mol. The SMILES string of the molecule is CCC[CH2][Sn]([CH2]CCC)([CH2]CCC)/[C](C(=O)OCC)=C(\CCc1ccccc1)COC1CCCCO1. The van der Waals surface area contributed by atoms with Crippen LogP contribution in [0.5, 0.6) is 0 Å². The Morgan fingerprint density at radius 2 is 1.58 bits per heavy atom. The summed E-state index contributed by atoms with van der Waals surface area (Å²) in [6.45, 7) is 10.5. The van der Waals surface area contributed by atoms with E-state index >= 15 is 0 Å². The predicted octanol–water partition coefficient (Wildman–Crippen LogP) is 8.41. The third kappa shape index (κ3) is 10.5. The Morgan fingerprint density at radius 3 is 2.11 bits per heavy atom. The van der Waals surface area contributed by atoms with E-state index in [4.69, 9.17) is 14.2 Å². The van der Waals surface area contributed by atoms with E-state index in [1.807, 2.05) is 6.92 Å². The average molecular weight is 607 g/mol. The molecule has 0 amide bonds. The second-order valence-electron chi connectivity index (χ2n) is 10.4. The minimum absolute atomic E-state index is 0.0344. The molecule has 0 saturated carbocycles. The van der Waals surface area contributed by atoms with E-state index in [-0.39, 0.29) is 12.3 Å². The molecule has 5 heteroatoms. The van der Waals surface area contributed by atoms with Crippen LogP contribution in [0.3, 0.4) is 0 Å². The van der Waals surface area contributed by atoms with E-state index in [1.54, 1.807) is 0 Å². The van der Waals surface area contributed by atoms with E-state index in [0.29, 0.717) is 13.2 Å². The molecule has 1 aromatic carbocycles. The summed E-state index contributed by atoms with van der Waals surface area (Å²) in [5.74, 6) is -0.0344. The van der Waals surface area contributed by atoms with Crippen LogP contribution < -0.4 is 0 Å². The van der Waals surface area contributed by atoms with Crippen LogP contribution in [0.1, 0.15) is 97.5 Å². The molecule has 1 saturated heterocycles. The molecule has 36 heavy (non-hydrogen) atoms. The van der Waals surface area contributed by atoms with Crippen molar-refractivity contribution in [3.8, 4) is 0 Å². The van der Waals surface area contributed by atoms with E-state index in [2.05, 4.69) is 51.1 Å². The van der Waals surface area contributed by atoms with Crippen molar-refractivity contribution < 1.29 is 19.0 Å². The molecule has 0 aromatic heterocycles. The second-order valence-corrected chi connectivity index (χ2v) is 23.4. The van der Waals surface area contributed by atoms with Gasteiger partial charge in [-0.3, -0.25) is 0 Å². The van der Waals surface area contributed by atoms with Gasteiger partial charge in [-0.05, 0) is 0 Å². The molecule has 4 nitrogen and oxygen atoms in total. The van der Waals surface area contributed by atoms with Gasteiger partial charge in [0.25, 0.3) is 0 Å². The van der Waals surface area contributed by atoms with E-state index < -0.39 is 18.4 Å². The number of rotatable bonds is 18. The molecule has 1 atom stereocenters. The number of esters is 1. The Hall–Kier alpha value is -0.851. The van der Waals surface area contributed by atoms with Gasteiger partial charge >= 0.3 is 226 Å². The van der Waals surface area contributed by atoms with Crippen LogP contribution in [0, 0.1) is 0 Å². The summed E-state index contributed by atoms with van der Waals surface area (Å²) in [5, 5.41) is 0. The first-order valence-corrected chi connectivity index (χ1v) is 22.2. The van der Waals surface area contributed by atoms with Crippen molar-refractivity contribution in [3.63, 3.8) is 0 Å². The molecular formula is C31H52O4Sn. The van der Waals surface area contributed by atoms with Gasteiger partial charge in [0, 0.05) is 0 Å². The zero-order chi connectivity index (χ0) is 26.1. The number of hydrogen-bond donors (Lipinski definition) is 0. The van der Waals surface area contributed by atoms with Gasteiger partial charge in [-0.2, -0.15) is 0 Å². The Kier molecular flexibility index (Phi) is 16.0. The summed E-state index contributed by atoms with van der Waals surface area (Å²) in [6.07, 6.45) is 12.0. The van der Waals surface area contributed by atoms with Gasteiger partial charge in [-0.1, -0.05) is 0 Å². The number of carbonyl (C=O) groups is 1. The van der Waals surface area contributed by atoms with Crippen LogP contribution in [0.15, 0.2) is 39.5 Å². The molecule has 0 spiro atoms. The van der Waals surface area contributed by atoms with Crippen molar-refractivity contribution in [1.29, 1.82) is 0 Å². The summed E-state index contributed by atoms with van der Waals surface area (Å²) < 4.78 is 23.0. The maximum atomic E-state index is 13.9. The van der Waals surface area contributed by atoms with Crippen molar-refractivity contribution in [3.05, 3.63) is 45.1 Å². The van der Waals surface area contributed by atoms with Gasteiger partial charge in [-0.15, -0.1) is 0 Å². The maximum absolute atomic E-state index is 13.9. The molecule has 1 aliphatic rings. The first-order valence-electron chi connectivity index (χ1n) is 14.8. The van der Waals surface area contributed by atoms with Crippen molar-refractivity contribution in [2.75, 3.05) is 19.8 Å². The standard InChI is InChI=1S/C19H25O4.3C4H9.Sn/c1-2-21-18(20)14-17(12-11-16-8-4-3-5-9-16)15-23-19-10-6-7-13-22-19;3*1-3-4-2;/h3-5,8-9,19H,2,6-7,10-13,15H2,1H3;3*1,3-4H2,2H3;. The molecule has 1 aromatic rings. The van der Waals surface area contributed by atoms with Gasteiger partial charge < -0.3 is 0 Å². The van der Waals surface area contributed by atoms with Crippen molar-refractivity contribution in [2.24, 2.45) is 0 Å². The summed E-state index contributed by atoms with van der Waals surface area (Å²) >= 11 is -3.08. The second kappa shape index (κ2) is 18.4. The first kappa shape index (κ1) is 31.4. The van der Waals surface area contributed by atoms with Gasteiger partial charge in [0.1, 0.15) is 0 Å². The summed E-state index contributed by atoms with van der Waals surface area (Å²) in [6, 6.07) is 10.6. The Labute approximate surface area is 225 Å². The molecule has 0 radical (unpaired) electrons. The molecule has 1 heterocycles. The van der Waals surface area contributed by atoms with Crippen molar-refractivity contribution in [2.45, 2.75) is 118 Å². The zero-order valence-electron chi connectivity index (χ0n) is 23.6. The van der Waals surface area contributed by atoms with E-state index in [0.717, 1.165) is 42.3 Å². The summed E-state index contributed by atoms with van der Waals surface area (Å²) in [4.78, 5) is 13.9. The number of carbonyl (C=O) groups excluding carboxylic acids is 1. The van der Waals surface area contributed by atoms with E-state index in [9.17, 15) is 4.79 Å². The first-order chi connectivity index (χ1) is 17.6. The fourth-order valence-corrected chi connectivity index (χ4v) is 22.7.